The van der Waals surface area contributed by atoms with E-state index in [1.807, 2.05) is 0 Å². The Hall–Kier alpha value is -1.81. The van der Waals surface area contributed by atoms with Gasteiger partial charge in [0.2, 0.25) is 0 Å². The van der Waals surface area contributed by atoms with Crippen LogP contribution in [0.1, 0.15) is 37.9 Å². The van der Waals surface area contributed by atoms with Crippen LogP contribution in [0.25, 0.3) is 0 Å². The molecule has 0 bridgehead atoms. The molecule has 0 aliphatic heterocycles. The number of hydrogen-bond acceptors (Lipinski definition) is 4. The van der Waals surface area contributed by atoms with E-state index in [0.29, 0.717) is 12.8 Å². The Balaban J connectivity index is 3.02. The third-order valence-corrected chi connectivity index (χ3v) is 3.21. The first-order chi connectivity index (χ1) is 9.25. The van der Waals surface area contributed by atoms with Gasteiger partial charge in [0.15, 0.2) is 0 Å². The maximum atomic E-state index is 12.6. The molecule has 1 aromatic heterocycles. The molecule has 0 saturated carbocycles. The lowest BCUT2D eigenvalue weighted by molar-refractivity contribution is -0.141. The lowest BCUT2D eigenvalue weighted by atomic mass is 9.97. The van der Waals surface area contributed by atoms with Crippen molar-refractivity contribution in [3.05, 3.63) is 23.4 Å². The normalized spacial score (nSPS) is 12.1. The molecule has 1 rings (SSSR count). The number of nitrogens with one attached hydrogen (secondary N) is 1. The largest absolute Gasteiger partial charge is 0.433 e. The average Bonchev–Trinajstić information content (AvgIpc) is 2.43. The first-order valence-electron chi connectivity index (χ1n) is 6.20. The zero-order valence-electron chi connectivity index (χ0n) is 11.3. The van der Waals surface area contributed by atoms with E-state index in [1.165, 1.54) is 0 Å². The molecule has 20 heavy (non-hydrogen) atoms. The fourth-order valence-corrected chi connectivity index (χ4v) is 1.59. The van der Waals surface area contributed by atoms with Gasteiger partial charge in [-0.3, -0.25) is 0 Å². The molecule has 1 heterocycles. The number of aromatic nitrogens is 1. The summed E-state index contributed by atoms with van der Waals surface area (Å²) in [4.78, 5) is 3.42. The Morgan fingerprint density at radius 3 is 2.35 bits per heavy atom. The monoisotopic (exact) mass is 287 g/mol. The summed E-state index contributed by atoms with van der Waals surface area (Å²) in [6.45, 7) is 3.58. The third-order valence-electron chi connectivity index (χ3n) is 3.21. The summed E-state index contributed by atoms with van der Waals surface area (Å²) in [5.41, 5.74) is -2.11. The van der Waals surface area contributed by atoms with Crippen LogP contribution in [0, 0.1) is 11.3 Å². The summed E-state index contributed by atoms with van der Waals surface area (Å²) in [6.07, 6.45) is -3.69. The Kier molecular flexibility index (Phi) is 4.95. The number of alkyl halides is 3. The van der Waals surface area contributed by atoms with Crippen LogP contribution < -0.4 is 5.32 Å². The molecular weight excluding hydrogens is 271 g/mol. The van der Waals surface area contributed by atoms with E-state index >= 15 is 0 Å². The van der Waals surface area contributed by atoms with Crippen molar-refractivity contribution in [2.75, 3.05) is 11.9 Å². The highest BCUT2D eigenvalue weighted by molar-refractivity contribution is 5.52. The minimum Gasteiger partial charge on any atom is -0.388 e. The third kappa shape index (κ3) is 3.84. The van der Waals surface area contributed by atoms with Crippen LogP contribution in [-0.2, 0) is 6.18 Å². The molecule has 0 fully saturated rings. The summed E-state index contributed by atoms with van der Waals surface area (Å²) in [5, 5.41) is 21.6. The van der Waals surface area contributed by atoms with Gasteiger partial charge in [-0.25, -0.2) is 4.98 Å². The molecule has 4 nitrogen and oxygen atoms in total. The van der Waals surface area contributed by atoms with Gasteiger partial charge in [-0.15, -0.1) is 0 Å². The maximum Gasteiger partial charge on any atom is 0.433 e. The molecule has 0 unspecified atom stereocenters. The summed E-state index contributed by atoms with van der Waals surface area (Å²) < 4.78 is 37.8. The molecule has 0 aliphatic rings. The number of pyridine rings is 1. The predicted molar refractivity (Wildman–Crippen MR) is 68.0 cm³/mol. The fourth-order valence-electron chi connectivity index (χ4n) is 1.59. The van der Waals surface area contributed by atoms with Gasteiger partial charge in [-0.05, 0) is 25.0 Å². The average molecular weight is 287 g/mol. The molecule has 0 aromatic carbocycles. The summed E-state index contributed by atoms with van der Waals surface area (Å²) in [7, 11) is 0. The predicted octanol–water partition coefficient (Wildman–Crippen LogP) is 2.94. The lowest BCUT2D eigenvalue weighted by Gasteiger charge is -2.26. The van der Waals surface area contributed by atoms with Crippen LogP contribution in [0.4, 0.5) is 19.0 Å². The van der Waals surface area contributed by atoms with Crippen molar-refractivity contribution in [1.29, 1.82) is 5.26 Å². The minimum atomic E-state index is -4.57. The Morgan fingerprint density at radius 2 is 1.90 bits per heavy atom. The number of halogens is 3. The zero-order valence-corrected chi connectivity index (χ0v) is 11.3. The van der Waals surface area contributed by atoms with Gasteiger partial charge in [0.05, 0.1) is 11.2 Å². The van der Waals surface area contributed by atoms with Crippen LogP contribution in [0.15, 0.2) is 12.1 Å². The highest BCUT2D eigenvalue weighted by Gasteiger charge is 2.33. The zero-order chi connectivity index (χ0) is 15.4. The Labute approximate surface area is 115 Å². The smallest absolute Gasteiger partial charge is 0.388 e. The molecule has 0 amide bonds. The number of anilines is 1. The van der Waals surface area contributed by atoms with E-state index < -0.39 is 17.5 Å². The molecule has 1 aromatic rings. The summed E-state index contributed by atoms with van der Waals surface area (Å²) >= 11 is 0. The van der Waals surface area contributed by atoms with E-state index in [4.69, 9.17) is 5.26 Å². The number of nitrogens with zero attached hydrogens (tertiary/aromatic N) is 2. The van der Waals surface area contributed by atoms with E-state index in [2.05, 4.69) is 10.3 Å². The van der Waals surface area contributed by atoms with E-state index in [1.54, 1.807) is 19.9 Å². The molecule has 2 N–H and O–H groups in total. The second kappa shape index (κ2) is 6.09. The summed E-state index contributed by atoms with van der Waals surface area (Å²) in [6, 6.07) is 3.60. The van der Waals surface area contributed by atoms with Crippen LogP contribution in [0.2, 0.25) is 0 Å². The van der Waals surface area contributed by atoms with Gasteiger partial charge in [0, 0.05) is 6.54 Å². The molecular formula is C13H16F3N3O. The number of aliphatic hydroxyl groups is 1. The number of hydrogen-bond donors (Lipinski definition) is 2. The van der Waals surface area contributed by atoms with Gasteiger partial charge in [0.25, 0.3) is 0 Å². The first kappa shape index (κ1) is 16.2. The molecule has 0 aliphatic carbocycles. The molecule has 7 heteroatoms. The van der Waals surface area contributed by atoms with Gasteiger partial charge < -0.3 is 10.4 Å². The first-order valence-corrected chi connectivity index (χ1v) is 6.20. The lowest BCUT2D eigenvalue weighted by Crippen LogP contribution is -2.35. The Morgan fingerprint density at radius 1 is 1.30 bits per heavy atom. The van der Waals surface area contributed by atoms with Crippen LogP contribution >= 0.6 is 0 Å². The highest BCUT2D eigenvalue weighted by atomic mass is 19.4. The van der Waals surface area contributed by atoms with Gasteiger partial charge in [-0.2, -0.15) is 18.4 Å². The second-order valence-corrected chi connectivity index (χ2v) is 4.49. The molecule has 0 spiro atoms. The van der Waals surface area contributed by atoms with Crippen LogP contribution in [-0.4, -0.2) is 22.2 Å². The number of rotatable bonds is 5. The topological polar surface area (TPSA) is 68.9 Å². The SMILES string of the molecule is CCC(O)(CC)CNc1nc(C(F)(F)F)ccc1C#N. The maximum absolute atomic E-state index is 12.6. The molecule has 0 radical (unpaired) electrons. The highest BCUT2D eigenvalue weighted by Crippen LogP contribution is 2.29. The minimum absolute atomic E-state index is 0.00700. The van der Waals surface area contributed by atoms with Crippen molar-refractivity contribution in [3.63, 3.8) is 0 Å². The van der Waals surface area contributed by atoms with Crippen molar-refractivity contribution in [2.45, 2.75) is 38.5 Å². The van der Waals surface area contributed by atoms with Gasteiger partial charge in [-0.1, -0.05) is 13.8 Å². The van der Waals surface area contributed by atoms with Crippen molar-refractivity contribution in [3.8, 4) is 6.07 Å². The van der Waals surface area contributed by atoms with Crippen LogP contribution in [0.5, 0.6) is 0 Å². The standard InChI is InChI=1S/C13H16F3N3O/c1-3-12(20,4-2)8-18-11-9(7-17)5-6-10(19-11)13(14,15)16/h5-6,20H,3-4,8H2,1-2H3,(H,18,19). The van der Waals surface area contributed by atoms with E-state index in [9.17, 15) is 18.3 Å². The van der Waals surface area contributed by atoms with Crippen molar-refractivity contribution >= 4 is 5.82 Å². The van der Waals surface area contributed by atoms with Crippen molar-refractivity contribution in [1.82, 2.24) is 4.98 Å². The number of nitriles is 1. The van der Waals surface area contributed by atoms with Crippen LogP contribution in [0.3, 0.4) is 0 Å². The van der Waals surface area contributed by atoms with E-state index in [0.717, 1.165) is 12.1 Å². The fraction of sp³-hybridized carbons (Fsp3) is 0.538. The molecule has 110 valence electrons. The quantitative estimate of drug-likeness (QED) is 0.873. The van der Waals surface area contributed by atoms with Crippen molar-refractivity contribution in [2.24, 2.45) is 0 Å². The van der Waals surface area contributed by atoms with Gasteiger partial charge in [0.1, 0.15) is 17.6 Å². The van der Waals surface area contributed by atoms with Crippen molar-refractivity contribution < 1.29 is 18.3 Å². The second-order valence-electron chi connectivity index (χ2n) is 4.49. The Bertz CT molecular complexity index is 505. The van der Waals surface area contributed by atoms with E-state index in [-0.39, 0.29) is 17.9 Å². The molecule has 0 atom stereocenters. The van der Waals surface area contributed by atoms with Gasteiger partial charge >= 0.3 is 6.18 Å². The summed E-state index contributed by atoms with van der Waals surface area (Å²) in [5.74, 6) is -0.164. The molecule has 0 saturated heterocycles.